The molecule has 0 heterocycles. The summed E-state index contributed by atoms with van der Waals surface area (Å²) in [6, 6.07) is 14.2. The zero-order valence-corrected chi connectivity index (χ0v) is 15.1. The van der Waals surface area contributed by atoms with E-state index < -0.39 is 0 Å². The Labute approximate surface area is 150 Å². The Hall–Kier alpha value is -1.88. The molecule has 0 spiro atoms. The summed E-state index contributed by atoms with van der Waals surface area (Å²) >= 11 is 3.30. The Bertz CT molecular complexity index is 719. The highest BCUT2D eigenvalue weighted by Crippen LogP contribution is 2.36. The number of carbonyl (C=O) groups is 1. The van der Waals surface area contributed by atoms with Crippen molar-refractivity contribution in [3.05, 3.63) is 64.4 Å². The summed E-state index contributed by atoms with van der Waals surface area (Å²) in [7, 11) is 0. The maximum Gasteiger partial charge on any atom is 0.322 e. The molecule has 0 saturated heterocycles. The van der Waals surface area contributed by atoms with E-state index in [9.17, 15) is 9.18 Å². The number of halogens is 2. The predicted molar refractivity (Wildman–Crippen MR) is 97.3 cm³/mol. The summed E-state index contributed by atoms with van der Waals surface area (Å²) in [6.45, 7) is 2.66. The topological polar surface area (TPSA) is 32.3 Å². The molecule has 2 amide bonds. The highest BCUT2D eigenvalue weighted by molar-refractivity contribution is 9.10. The van der Waals surface area contributed by atoms with Crippen LogP contribution in [-0.2, 0) is 6.54 Å². The third kappa shape index (κ3) is 4.15. The molecular formula is C19H20BrFN2O. The van der Waals surface area contributed by atoms with Gasteiger partial charge in [0.25, 0.3) is 0 Å². The summed E-state index contributed by atoms with van der Waals surface area (Å²) in [5, 5.41) is 2.89. The van der Waals surface area contributed by atoms with Crippen molar-refractivity contribution in [1.29, 1.82) is 0 Å². The van der Waals surface area contributed by atoms with E-state index in [1.807, 2.05) is 35.2 Å². The normalized spacial score (nSPS) is 15.0. The lowest BCUT2D eigenvalue weighted by molar-refractivity contribution is 0.180. The molecule has 2 aromatic rings. The average molecular weight is 391 g/mol. The maximum absolute atomic E-state index is 13.2. The van der Waals surface area contributed by atoms with E-state index in [0.717, 1.165) is 5.56 Å². The van der Waals surface area contributed by atoms with Gasteiger partial charge in [-0.1, -0.05) is 30.3 Å². The summed E-state index contributed by atoms with van der Waals surface area (Å²) in [5.41, 5.74) is 1.67. The van der Waals surface area contributed by atoms with Crippen molar-refractivity contribution in [2.45, 2.75) is 32.4 Å². The number of nitrogens with one attached hydrogen (secondary N) is 1. The number of urea groups is 1. The van der Waals surface area contributed by atoms with Gasteiger partial charge in [-0.15, -0.1) is 0 Å². The smallest absolute Gasteiger partial charge is 0.317 e. The van der Waals surface area contributed by atoms with Crippen molar-refractivity contribution in [1.82, 2.24) is 4.90 Å². The van der Waals surface area contributed by atoms with Crippen LogP contribution in [0.1, 0.15) is 25.3 Å². The zero-order valence-electron chi connectivity index (χ0n) is 13.5. The molecule has 1 saturated carbocycles. The van der Waals surface area contributed by atoms with Crippen LogP contribution in [-0.4, -0.2) is 17.0 Å². The lowest BCUT2D eigenvalue weighted by Crippen LogP contribution is -2.42. The van der Waals surface area contributed by atoms with Crippen LogP contribution in [0, 0.1) is 11.7 Å². The van der Waals surface area contributed by atoms with Gasteiger partial charge in [0.15, 0.2) is 0 Å². The minimum absolute atomic E-state index is 0.162. The van der Waals surface area contributed by atoms with E-state index in [4.69, 9.17) is 0 Å². The molecule has 0 bridgehead atoms. The molecule has 0 radical (unpaired) electrons. The van der Waals surface area contributed by atoms with Crippen molar-refractivity contribution >= 4 is 27.6 Å². The lowest BCUT2D eigenvalue weighted by atomic mass is 10.1. The first-order valence-electron chi connectivity index (χ1n) is 8.11. The fraction of sp³-hybridized carbons (Fsp3) is 0.316. The van der Waals surface area contributed by atoms with Gasteiger partial charge in [-0.05, 0) is 65.4 Å². The number of hydrogen-bond acceptors (Lipinski definition) is 1. The number of hydrogen-bond donors (Lipinski definition) is 1. The van der Waals surface area contributed by atoms with Crippen molar-refractivity contribution in [2.24, 2.45) is 5.92 Å². The molecule has 1 aliphatic carbocycles. The first kappa shape index (κ1) is 17.0. The quantitative estimate of drug-likeness (QED) is 0.725. The van der Waals surface area contributed by atoms with E-state index in [-0.39, 0.29) is 17.9 Å². The second-order valence-corrected chi connectivity index (χ2v) is 7.10. The van der Waals surface area contributed by atoms with Crippen molar-refractivity contribution in [3.8, 4) is 0 Å². The van der Waals surface area contributed by atoms with Crippen molar-refractivity contribution < 1.29 is 9.18 Å². The van der Waals surface area contributed by atoms with Gasteiger partial charge < -0.3 is 10.2 Å². The molecule has 1 unspecified atom stereocenters. The van der Waals surface area contributed by atoms with Crippen molar-refractivity contribution in [2.75, 3.05) is 5.32 Å². The average Bonchev–Trinajstić information content (AvgIpc) is 3.40. The van der Waals surface area contributed by atoms with Crippen LogP contribution in [0.25, 0.3) is 0 Å². The Kier molecular flexibility index (Phi) is 5.19. The minimum Gasteiger partial charge on any atom is -0.317 e. The first-order chi connectivity index (χ1) is 11.5. The molecule has 24 heavy (non-hydrogen) atoms. The van der Waals surface area contributed by atoms with E-state index in [1.165, 1.54) is 25.0 Å². The highest BCUT2D eigenvalue weighted by atomic mass is 79.9. The molecule has 0 aliphatic heterocycles. The number of carbonyl (C=O) groups excluding carboxylic acids is 1. The molecule has 1 aliphatic rings. The Morgan fingerprint density at radius 1 is 1.29 bits per heavy atom. The highest BCUT2D eigenvalue weighted by Gasteiger charge is 2.34. The monoisotopic (exact) mass is 390 g/mol. The molecule has 1 atom stereocenters. The van der Waals surface area contributed by atoms with Gasteiger partial charge in [0.05, 0.1) is 5.69 Å². The van der Waals surface area contributed by atoms with Crippen LogP contribution in [0.15, 0.2) is 53.0 Å². The van der Waals surface area contributed by atoms with E-state index in [1.54, 1.807) is 6.07 Å². The SMILES string of the molecule is CC(C1CC1)N(Cc1ccccc1)C(=O)Nc1ccc(F)cc1Br. The van der Waals surface area contributed by atoms with Gasteiger partial charge >= 0.3 is 6.03 Å². The van der Waals surface area contributed by atoms with E-state index in [0.29, 0.717) is 22.6 Å². The maximum atomic E-state index is 13.2. The fourth-order valence-corrected chi connectivity index (χ4v) is 3.24. The third-order valence-electron chi connectivity index (χ3n) is 4.43. The number of rotatable bonds is 5. The van der Waals surface area contributed by atoms with Crippen LogP contribution < -0.4 is 5.32 Å². The van der Waals surface area contributed by atoms with Gasteiger partial charge in [0, 0.05) is 17.1 Å². The Morgan fingerprint density at radius 3 is 2.62 bits per heavy atom. The summed E-state index contributed by atoms with van der Waals surface area (Å²) in [6.07, 6.45) is 2.33. The van der Waals surface area contributed by atoms with Gasteiger partial charge in [-0.2, -0.15) is 0 Å². The van der Waals surface area contributed by atoms with Crippen LogP contribution in [0.2, 0.25) is 0 Å². The van der Waals surface area contributed by atoms with Crippen molar-refractivity contribution in [3.63, 3.8) is 0 Å². The standard InChI is InChI=1S/C19H20BrFN2O/c1-13(15-7-8-15)23(12-14-5-3-2-4-6-14)19(24)22-18-10-9-16(21)11-17(18)20/h2-6,9-11,13,15H,7-8,12H2,1H3,(H,22,24). The van der Waals surface area contributed by atoms with E-state index >= 15 is 0 Å². The molecule has 0 aromatic heterocycles. The number of anilines is 1. The molecule has 2 aromatic carbocycles. The minimum atomic E-state index is -0.340. The second kappa shape index (κ2) is 7.34. The molecule has 1 N–H and O–H groups in total. The molecule has 3 nitrogen and oxygen atoms in total. The molecule has 5 heteroatoms. The van der Waals surface area contributed by atoms with Crippen LogP contribution >= 0.6 is 15.9 Å². The van der Waals surface area contributed by atoms with Gasteiger partial charge in [-0.25, -0.2) is 9.18 Å². The van der Waals surface area contributed by atoms with Gasteiger partial charge in [0.1, 0.15) is 5.82 Å². The Morgan fingerprint density at radius 2 is 2.00 bits per heavy atom. The lowest BCUT2D eigenvalue weighted by Gasteiger charge is -2.30. The zero-order chi connectivity index (χ0) is 17.1. The third-order valence-corrected chi connectivity index (χ3v) is 5.08. The number of amides is 2. The second-order valence-electron chi connectivity index (χ2n) is 6.25. The van der Waals surface area contributed by atoms with Crippen LogP contribution in [0.3, 0.4) is 0 Å². The summed E-state index contributed by atoms with van der Waals surface area (Å²) < 4.78 is 13.8. The largest absolute Gasteiger partial charge is 0.322 e. The predicted octanol–water partition coefficient (Wildman–Crippen LogP) is 5.42. The van der Waals surface area contributed by atoms with Crippen LogP contribution in [0.5, 0.6) is 0 Å². The molecule has 1 fully saturated rings. The summed E-state index contributed by atoms with van der Waals surface area (Å²) in [4.78, 5) is 14.7. The molecule has 3 rings (SSSR count). The fourth-order valence-electron chi connectivity index (χ4n) is 2.79. The number of benzene rings is 2. The number of nitrogens with zero attached hydrogens (tertiary/aromatic N) is 1. The molecule has 126 valence electrons. The molecular weight excluding hydrogens is 371 g/mol. The van der Waals surface area contributed by atoms with Gasteiger partial charge in [0.2, 0.25) is 0 Å². The van der Waals surface area contributed by atoms with Crippen LogP contribution in [0.4, 0.5) is 14.9 Å². The Balaban J connectivity index is 1.77. The van der Waals surface area contributed by atoms with E-state index in [2.05, 4.69) is 28.2 Å². The van der Waals surface area contributed by atoms with Gasteiger partial charge in [-0.3, -0.25) is 0 Å². The summed E-state index contributed by atoms with van der Waals surface area (Å²) in [5.74, 6) is 0.225. The first-order valence-corrected chi connectivity index (χ1v) is 8.90.